The lowest BCUT2D eigenvalue weighted by Crippen LogP contribution is -2.37. The molecule has 0 bridgehead atoms. The first-order valence-electron chi connectivity index (χ1n) is 11.0. The quantitative estimate of drug-likeness (QED) is 0.503. The van der Waals surface area contributed by atoms with E-state index < -0.39 is 0 Å². The third kappa shape index (κ3) is 3.16. The molecule has 2 aromatic heterocycles. The smallest absolute Gasteiger partial charge is 0.312 e. The topological polar surface area (TPSA) is 37.3 Å². The van der Waals surface area contributed by atoms with Gasteiger partial charge in [0.1, 0.15) is 5.00 Å². The Hall–Kier alpha value is -2.53. The second kappa shape index (κ2) is 7.62. The summed E-state index contributed by atoms with van der Waals surface area (Å²) < 4.78 is 2.34. The maximum absolute atomic E-state index is 13.6. The van der Waals surface area contributed by atoms with E-state index in [9.17, 15) is 4.79 Å². The van der Waals surface area contributed by atoms with Gasteiger partial charge in [0, 0.05) is 28.0 Å². The number of rotatable bonds is 2. The van der Waals surface area contributed by atoms with Crippen LogP contribution in [0.3, 0.4) is 0 Å². The number of nitrogens with one attached hydrogen (secondary N) is 1. The molecule has 2 aliphatic rings. The standard InChI is InChI=1S/C25H29N3OS/c1-4-21-22-9-7-13-27(22)24-19(18-8-5-6-10-23(18)30-24)15-28(21)25(29)26-20-12-11-16(2)14-17(20)3/h7,9,11-14,21H,4-6,8,10,15H2,1-3H3,(H,26,29)/t21-/m1/s1. The first-order valence-corrected chi connectivity index (χ1v) is 11.8. The number of aryl methyl sites for hydroxylation is 3. The van der Waals surface area contributed by atoms with Crippen molar-refractivity contribution in [3.63, 3.8) is 0 Å². The summed E-state index contributed by atoms with van der Waals surface area (Å²) in [5, 5.41) is 4.53. The number of thiophene rings is 1. The summed E-state index contributed by atoms with van der Waals surface area (Å²) in [4.78, 5) is 17.1. The minimum Gasteiger partial charge on any atom is -0.312 e. The first kappa shape index (κ1) is 19.4. The van der Waals surface area contributed by atoms with Crippen molar-refractivity contribution in [2.45, 2.75) is 65.5 Å². The Kier molecular flexibility index (Phi) is 4.94. The number of hydrogen-bond donors (Lipinski definition) is 1. The predicted octanol–water partition coefficient (Wildman–Crippen LogP) is 6.53. The fourth-order valence-corrected chi connectivity index (χ4v) is 6.45. The number of carbonyl (C=O) groups excluding carboxylic acids is 1. The summed E-state index contributed by atoms with van der Waals surface area (Å²) in [5.74, 6) is 0. The second-order valence-electron chi connectivity index (χ2n) is 8.60. The van der Waals surface area contributed by atoms with Gasteiger partial charge in [-0.25, -0.2) is 4.79 Å². The second-order valence-corrected chi connectivity index (χ2v) is 9.68. The molecule has 1 N–H and O–H groups in total. The molecule has 1 aliphatic heterocycles. The van der Waals surface area contributed by atoms with Gasteiger partial charge >= 0.3 is 6.03 Å². The molecular formula is C25H29N3OS. The molecule has 0 spiro atoms. The van der Waals surface area contributed by atoms with Gasteiger partial charge in [-0.15, -0.1) is 11.3 Å². The van der Waals surface area contributed by atoms with Crippen LogP contribution in [0.1, 0.15) is 65.1 Å². The van der Waals surface area contributed by atoms with Crippen LogP contribution in [0.4, 0.5) is 10.5 Å². The van der Waals surface area contributed by atoms with Crippen LogP contribution in [0.5, 0.6) is 0 Å². The van der Waals surface area contributed by atoms with E-state index >= 15 is 0 Å². The third-order valence-corrected chi connectivity index (χ3v) is 7.91. The van der Waals surface area contributed by atoms with Gasteiger partial charge in [-0.1, -0.05) is 24.6 Å². The minimum absolute atomic E-state index is 0.00911. The monoisotopic (exact) mass is 419 g/mol. The largest absolute Gasteiger partial charge is 0.322 e. The molecule has 156 valence electrons. The predicted molar refractivity (Wildman–Crippen MR) is 124 cm³/mol. The van der Waals surface area contributed by atoms with Crippen molar-refractivity contribution in [2.75, 3.05) is 5.32 Å². The average molecular weight is 420 g/mol. The Morgan fingerprint density at radius 3 is 2.80 bits per heavy atom. The number of benzene rings is 1. The van der Waals surface area contributed by atoms with Crippen molar-refractivity contribution in [3.05, 3.63) is 69.4 Å². The van der Waals surface area contributed by atoms with Crippen LogP contribution in [0, 0.1) is 13.8 Å². The summed E-state index contributed by atoms with van der Waals surface area (Å²) in [5.41, 5.74) is 7.28. The number of hydrogen-bond acceptors (Lipinski definition) is 2. The summed E-state index contributed by atoms with van der Waals surface area (Å²) in [7, 11) is 0. The molecule has 3 heterocycles. The zero-order valence-corrected chi connectivity index (χ0v) is 18.8. The number of aromatic nitrogens is 1. The van der Waals surface area contributed by atoms with Gasteiger partial charge in [-0.2, -0.15) is 0 Å². The van der Waals surface area contributed by atoms with E-state index in [4.69, 9.17) is 0 Å². The van der Waals surface area contributed by atoms with Crippen LogP contribution in [-0.4, -0.2) is 15.5 Å². The number of fused-ring (bicyclic) bond motifs is 5. The first-order chi connectivity index (χ1) is 14.6. The number of carbonyl (C=O) groups is 1. The molecule has 0 fully saturated rings. The van der Waals surface area contributed by atoms with Crippen molar-refractivity contribution in [1.82, 2.24) is 9.47 Å². The maximum Gasteiger partial charge on any atom is 0.322 e. The number of nitrogens with zero attached hydrogens (tertiary/aromatic N) is 2. The molecule has 2 amide bonds. The highest BCUT2D eigenvalue weighted by Gasteiger charge is 2.34. The Labute approximate surface area is 182 Å². The van der Waals surface area contributed by atoms with Crippen LogP contribution >= 0.6 is 11.3 Å². The summed E-state index contributed by atoms with van der Waals surface area (Å²) in [6.45, 7) is 6.99. The molecule has 1 aliphatic carbocycles. The van der Waals surface area contributed by atoms with Crippen molar-refractivity contribution in [2.24, 2.45) is 0 Å². The minimum atomic E-state index is -0.00911. The lowest BCUT2D eigenvalue weighted by molar-refractivity contribution is 0.181. The van der Waals surface area contributed by atoms with Crippen molar-refractivity contribution < 1.29 is 4.79 Å². The van der Waals surface area contributed by atoms with E-state index in [0.717, 1.165) is 24.1 Å². The highest BCUT2D eigenvalue weighted by Crippen LogP contribution is 2.43. The van der Waals surface area contributed by atoms with E-state index in [-0.39, 0.29) is 12.1 Å². The lowest BCUT2D eigenvalue weighted by Gasteiger charge is -2.30. The van der Waals surface area contributed by atoms with Crippen molar-refractivity contribution in [3.8, 4) is 5.00 Å². The highest BCUT2D eigenvalue weighted by molar-refractivity contribution is 7.15. The van der Waals surface area contributed by atoms with E-state index in [1.54, 1.807) is 0 Å². The summed E-state index contributed by atoms with van der Waals surface area (Å²) >= 11 is 1.94. The molecule has 5 rings (SSSR count). The lowest BCUT2D eigenvalue weighted by atomic mass is 9.95. The van der Waals surface area contributed by atoms with Crippen LogP contribution < -0.4 is 5.32 Å². The molecule has 0 saturated carbocycles. The number of anilines is 1. The van der Waals surface area contributed by atoms with Crippen LogP contribution in [-0.2, 0) is 19.4 Å². The highest BCUT2D eigenvalue weighted by atomic mass is 32.1. The molecule has 30 heavy (non-hydrogen) atoms. The SMILES string of the molecule is CC[C@@H]1c2cccn2-c2sc3c(c2CN1C(=O)Nc1ccc(C)cc1C)CCCC3. The van der Waals surface area contributed by atoms with E-state index in [0.29, 0.717) is 6.54 Å². The maximum atomic E-state index is 13.6. The fraction of sp³-hybridized carbons (Fsp3) is 0.400. The normalized spacial score (nSPS) is 17.7. The molecule has 4 nitrogen and oxygen atoms in total. The van der Waals surface area contributed by atoms with Crippen molar-refractivity contribution >= 4 is 23.1 Å². The van der Waals surface area contributed by atoms with Crippen LogP contribution in [0.2, 0.25) is 0 Å². The zero-order chi connectivity index (χ0) is 20.8. The van der Waals surface area contributed by atoms with E-state index in [1.807, 2.05) is 17.4 Å². The Bertz CT molecular complexity index is 1110. The van der Waals surface area contributed by atoms with Crippen molar-refractivity contribution in [1.29, 1.82) is 0 Å². The van der Waals surface area contributed by atoms with E-state index in [2.05, 4.69) is 66.0 Å². The number of urea groups is 1. The molecule has 1 aromatic carbocycles. The Morgan fingerprint density at radius 2 is 2.00 bits per heavy atom. The summed E-state index contributed by atoms with van der Waals surface area (Å²) in [6, 6.07) is 10.5. The van der Waals surface area contributed by atoms with Gasteiger partial charge < -0.3 is 14.8 Å². The Morgan fingerprint density at radius 1 is 1.17 bits per heavy atom. The molecule has 0 radical (unpaired) electrons. The molecule has 0 saturated heterocycles. The van der Waals surface area contributed by atoms with Gasteiger partial charge in [0.25, 0.3) is 0 Å². The summed E-state index contributed by atoms with van der Waals surface area (Å²) in [6.07, 6.45) is 7.91. The molecule has 3 aromatic rings. The Balaban J connectivity index is 1.56. The van der Waals surface area contributed by atoms with Gasteiger partial charge in [0.05, 0.1) is 12.6 Å². The van der Waals surface area contributed by atoms with Gasteiger partial charge in [-0.05, 0) is 75.3 Å². The van der Waals surface area contributed by atoms with Crippen LogP contribution in [0.15, 0.2) is 36.5 Å². The van der Waals surface area contributed by atoms with Crippen LogP contribution in [0.25, 0.3) is 5.00 Å². The molecule has 5 heteroatoms. The van der Waals surface area contributed by atoms with Gasteiger partial charge in [0.15, 0.2) is 0 Å². The fourth-order valence-electron chi connectivity index (χ4n) is 5.05. The molecular weight excluding hydrogens is 390 g/mol. The zero-order valence-electron chi connectivity index (χ0n) is 18.0. The van der Waals surface area contributed by atoms with E-state index in [1.165, 1.54) is 51.5 Å². The third-order valence-electron chi connectivity index (χ3n) is 6.58. The molecule has 0 unspecified atom stereocenters. The van der Waals surface area contributed by atoms with Gasteiger partial charge in [-0.3, -0.25) is 0 Å². The number of amides is 2. The average Bonchev–Trinajstić information content (AvgIpc) is 3.32. The molecule has 1 atom stereocenters. The van der Waals surface area contributed by atoms with Gasteiger partial charge in [0.2, 0.25) is 0 Å².